The van der Waals surface area contributed by atoms with E-state index < -0.39 is 0 Å². The lowest BCUT2D eigenvalue weighted by Crippen LogP contribution is -2.34. The van der Waals surface area contributed by atoms with Gasteiger partial charge in [0.25, 0.3) is 0 Å². The summed E-state index contributed by atoms with van der Waals surface area (Å²) in [5.41, 5.74) is 0.646. The average Bonchev–Trinajstić information content (AvgIpc) is 2.64. The van der Waals surface area contributed by atoms with Gasteiger partial charge in [-0.3, -0.25) is 14.6 Å². The molecular weight excluding hydrogens is 263 g/mol. The number of halogens is 2. The molecule has 0 atom stereocenters. The van der Waals surface area contributed by atoms with E-state index in [9.17, 15) is 9.59 Å². The van der Waals surface area contributed by atoms with E-state index in [1.165, 1.54) is 16.7 Å². The Balaban J connectivity index is 2.27. The highest BCUT2D eigenvalue weighted by Crippen LogP contribution is 2.29. The van der Waals surface area contributed by atoms with E-state index in [2.05, 4.69) is 0 Å². The maximum absolute atomic E-state index is 11.9. The molecule has 1 heterocycles. The summed E-state index contributed by atoms with van der Waals surface area (Å²) in [7, 11) is 0. The minimum absolute atomic E-state index is 0.252. The van der Waals surface area contributed by atoms with Crippen molar-refractivity contribution in [2.24, 2.45) is 0 Å². The molecule has 0 spiro atoms. The van der Waals surface area contributed by atoms with E-state index in [0.29, 0.717) is 28.8 Å². The van der Waals surface area contributed by atoms with Gasteiger partial charge in [-0.2, -0.15) is 0 Å². The molecule has 4 nitrogen and oxygen atoms in total. The number of anilines is 1. The van der Waals surface area contributed by atoms with E-state index in [4.69, 9.17) is 23.2 Å². The van der Waals surface area contributed by atoms with E-state index >= 15 is 0 Å². The number of hydrogen-bond donors (Lipinski definition) is 0. The second-order valence-electron chi connectivity index (χ2n) is 3.70. The predicted molar refractivity (Wildman–Crippen MR) is 66.6 cm³/mol. The van der Waals surface area contributed by atoms with Crippen LogP contribution < -0.4 is 4.90 Å². The number of nitrogens with zero attached hydrogens (tertiary/aromatic N) is 2. The van der Waals surface area contributed by atoms with E-state index in [1.54, 1.807) is 18.2 Å². The van der Waals surface area contributed by atoms with Gasteiger partial charge < -0.3 is 0 Å². The summed E-state index contributed by atoms with van der Waals surface area (Å²) in [5, 5.41) is 0.823. The fourth-order valence-electron chi connectivity index (χ4n) is 1.72. The first-order valence-electron chi connectivity index (χ1n) is 5.05. The molecule has 0 saturated carbocycles. The first-order chi connectivity index (χ1) is 8.00. The Morgan fingerprint density at radius 1 is 1.24 bits per heavy atom. The Bertz CT molecular complexity index is 490. The highest BCUT2D eigenvalue weighted by Gasteiger charge is 2.32. The summed E-state index contributed by atoms with van der Waals surface area (Å²) < 4.78 is 0. The van der Waals surface area contributed by atoms with Crippen LogP contribution in [0.25, 0.3) is 0 Å². The number of hydrogen-bond acceptors (Lipinski definition) is 2. The Hall–Kier alpha value is -1.26. The molecule has 6 heteroatoms. The van der Waals surface area contributed by atoms with Crippen molar-refractivity contribution in [1.29, 1.82) is 0 Å². The molecule has 0 unspecified atom stereocenters. The Morgan fingerprint density at radius 3 is 2.47 bits per heavy atom. The van der Waals surface area contributed by atoms with Gasteiger partial charge in [-0.1, -0.05) is 23.2 Å². The van der Waals surface area contributed by atoms with Crippen molar-refractivity contribution < 1.29 is 9.59 Å². The van der Waals surface area contributed by atoms with Crippen LogP contribution in [0, 0.1) is 0 Å². The highest BCUT2D eigenvalue weighted by atomic mass is 35.5. The van der Waals surface area contributed by atoms with E-state index in [1.807, 2.05) is 0 Å². The summed E-state index contributed by atoms with van der Waals surface area (Å²) in [6.07, 6.45) is 0. The van der Waals surface area contributed by atoms with Crippen molar-refractivity contribution in [2.45, 2.75) is 6.92 Å². The molecule has 2 rings (SSSR count). The van der Waals surface area contributed by atoms with Gasteiger partial charge in [0, 0.05) is 25.7 Å². The molecule has 1 aliphatic rings. The third kappa shape index (κ3) is 2.23. The number of benzene rings is 1. The van der Waals surface area contributed by atoms with Gasteiger partial charge >= 0.3 is 6.03 Å². The number of carbonyl (C=O) groups is 2. The third-order valence-corrected chi connectivity index (χ3v) is 3.34. The molecule has 0 aromatic heterocycles. The molecule has 90 valence electrons. The SMILES string of the molecule is CC(=O)N1CCN(c2ccc(Cl)c(Cl)c2)C1=O. The van der Waals surface area contributed by atoms with Gasteiger partial charge in [-0.05, 0) is 18.2 Å². The quantitative estimate of drug-likeness (QED) is 0.789. The molecule has 0 N–H and O–H groups in total. The lowest BCUT2D eigenvalue weighted by atomic mass is 10.3. The van der Waals surface area contributed by atoms with Crippen LogP contribution in [0.4, 0.5) is 10.5 Å². The number of urea groups is 1. The van der Waals surface area contributed by atoms with Gasteiger partial charge in [0.2, 0.25) is 5.91 Å². The zero-order valence-corrected chi connectivity index (χ0v) is 10.6. The molecular formula is C11H10Cl2N2O2. The molecule has 3 amide bonds. The van der Waals surface area contributed by atoms with Crippen LogP contribution in [-0.2, 0) is 4.79 Å². The van der Waals surface area contributed by atoms with Gasteiger partial charge in [0.1, 0.15) is 0 Å². The Labute approximate surface area is 109 Å². The smallest absolute Gasteiger partial charge is 0.292 e. The first-order valence-corrected chi connectivity index (χ1v) is 5.81. The molecule has 0 radical (unpaired) electrons. The zero-order valence-electron chi connectivity index (χ0n) is 9.11. The van der Waals surface area contributed by atoms with Crippen molar-refractivity contribution in [2.75, 3.05) is 18.0 Å². The fraction of sp³-hybridized carbons (Fsp3) is 0.273. The molecule has 0 aliphatic carbocycles. The van der Waals surface area contributed by atoms with Gasteiger partial charge in [-0.25, -0.2) is 4.79 Å². The molecule has 1 aliphatic heterocycles. The van der Waals surface area contributed by atoms with Crippen molar-refractivity contribution in [1.82, 2.24) is 4.90 Å². The standard InChI is InChI=1S/C11H10Cl2N2O2/c1-7(16)14-4-5-15(11(14)17)8-2-3-9(12)10(13)6-8/h2-3,6H,4-5H2,1H3. The van der Waals surface area contributed by atoms with Gasteiger partial charge in [-0.15, -0.1) is 0 Å². The van der Waals surface area contributed by atoms with Crippen molar-refractivity contribution >= 4 is 40.8 Å². The number of rotatable bonds is 1. The van der Waals surface area contributed by atoms with Crippen LogP contribution in [0.15, 0.2) is 18.2 Å². The van der Waals surface area contributed by atoms with Crippen LogP contribution in [0.3, 0.4) is 0 Å². The van der Waals surface area contributed by atoms with Crippen LogP contribution in [0.1, 0.15) is 6.92 Å². The Kier molecular flexibility index (Phi) is 3.26. The normalized spacial score (nSPS) is 15.6. The maximum atomic E-state index is 11.9. The Morgan fingerprint density at radius 2 is 1.94 bits per heavy atom. The minimum atomic E-state index is -0.323. The average molecular weight is 273 g/mol. The molecule has 0 bridgehead atoms. The lowest BCUT2D eigenvalue weighted by molar-refractivity contribution is -0.125. The summed E-state index contributed by atoms with van der Waals surface area (Å²) in [6, 6.07) is 4.63. The predicted octanol–water partition coefficient (Wildman–Crippen LogP) is 2.78. The minimum Gasteiger partial charge on any atom is -0.292 e. The zero-order chi connectivity index (χ0) is 12.6. The summed E-state index contributed by atoms with van der Waals surface area (Å²) in [6.45, 7) is 2.24. The van der Waals surface area contributed by atoms with Crippen LogP contribution in [0.5, 0.6) is 0 Å². The number of amides is 3. The first kappa shape index (κ1) is 12.2. The van der Waals surface area contributed by atoms with Crippen LogP contribution >= 0.6 is 23.2 Å². The second-order valence-corrected chi connectivity index (χ2v) is 4.52. The summed E-state index contributed by atoms with van der Waals surface area (Å²) in [5.74, 6) is -0.252. The van der Waals surface area contributed by atoms with E-state index in [0.717, 1.165) is 0 Å². The van der Waals surface area contributed by atoms with Crippen molar-refractivity contribution in [3.05, 3.63) is 28.2 Å². The largest absolute Gasteiger partial charge is 0.331 e. The molecule has 1 aromatic rings. The summed E-state index contributed by atoms with van der Waals surface area (Å²) >= 11 is 11.7. The third-order valence-electron chi connectivity index (χ3n) is 2.60. The van der Waals surface area contributed by atoms with Crippen LogP contribution in [-0.4, -0.2) is 29.9 Å². The monoisotopic (exact) mass is 272 g/mol. The number of imide groups is 1. The topological polar surface area (TPSA) is 40.6 Å². The lowest BCUT2D eigenvalue weighted by Gasteiger charge is -2.17. The van der Waals surface area contributed by atoms with Gasteiger partial charge in [0.05, 0.1) is 10.0 Å². The molecule has 1 aromatic carbocycles. The number of carbonyl (C=O) groups excluding carboxylic acids is 2. The fourth-order valence-corrected chi connectivity index (χ4v) is 2.01. The van der Waals surface area contributed by atoms with Gasteiger partial charge in [0.15, 0.2) is 0 Å². The van der Waals surface area contributed by atoms with Crippen LogP contribution in [0.2, 0.25) is 10.0 Å². The maximum Gasteiger partial charge on any atom is 0.331 e. The van der Waals surface area contributed by atoms with Crippen molar-refractivity contribution in [3.8, 4) is 0 Å². The second kappa shape index (κ2) is 4.55. The molecule has 17 heavy (non-hydrogen) atoms. The van der Waals surface area contributed by atoms with Crippen molar-refractivity contribution in [3.63, 3.8) is 0 Å². The highest BCUT2D eigenvalue weighted by molar-refractivity contribution is 6.42. The summed E-state index contributed by atoms with van der Waals surface area (Å²) in [4.78, 5) is 25.8. The molecule has 1 saturated heterocycles. The van der Waals surface area contributed by atoms with E-state index in [-0.39, 0.29) is 11.9 Å². The molecule has 1 fully saturated rings.